The molecule has 70 heavy (non-hydrogen) atoms. The molecule has 9 nitrogen and oxygen atoms in total. The molecule has 4 saturated carbocycles. The van der Waals surface area contributed by atoms with E-state index in [2.05, 4.69) is 94.2 Å². The van der Waals surface area contributed by atoms with Crippen molar-refractivity contribution in [2.45, 2.75) is 150 Å². The zero-order valence-corrected chi connectivity index (χ0v) is 43.6. The average Bonchev–Trinajstić information content (AvgIpc) is 3.33. The number of piperidine rings is 2. The van der Waals surface area contributed by atoms with Crippen LogP contribution in [0.3, 0.4) is 0 Å². The number of hydrogen-bond acceptors (Lipinski definition) is 8. The molecule has 2 heterocycles. The molecule has 0 spiro atoms. The van der Waals surface area contributed by atoms with E-state index in [0.717, 1.165) is 112 Å². The molecule has 380 valence electrons. The van der Waals surface area contributed by atoms with Crippen molar-refractivity contribution < 1.29 is 33.7 Å². The first-order valence-corrected chi connectivity index (χ1v) is 27.1. The van der Waals surface area contributed by atoms with Crippen LogP contribution in [0.5, 0.6) is 11.5 Å². The van der Waals surface area contributed by atoms with E-state index in [1.165, 1.54) is 74.8 Å². The number of nitrogens with one attached hydrogen (secondary N) is 1. The van der Waals surface area contributed by atoms with Gasteiger partial charge in [-0.1, -0.05) is 90.8 Å². The summed E-state index contributed by atoms with van der Waals surface area (Å²) in [4.78, 5) is 36.6. The molecule has 4 aromatic carbocycles. The predicted octanol–water partition coefficient (Wildman–Crippen LogP) is 13.2. The first-order valence-electron chi connectivity index (χ1n) is 27.1. The molecular weight excluding hydrogens is 873 g/mol. The maximum Gasteiger partial charge on any atom is 0.309 e. The number of benzene rings is 4. The number of carboxylic acids is 1. The molecule has 2 aliphatic heterocycles. The van der Waals surface area contributed by atoms with Gasteiger partial charge >= 0.3 is 11.9 Å². The lowest BCUT2D eigenvalue weighted by Gasteiger charge is -2.45. The van der Waals surface area contributed by atoms with Crippen LogP contribution in [-0.4, -0.2) is 73.7 Å². The van der Waals surface area contributed by atoms with Crippen LogP contribution in [0.2, 0.25) is 0 Å². The molecule has 2 N–H and O–H groups in total. The Morgan fingerprint density at radius 2 is 1.06 bits per heavy atom. The van der Waals surface area contributed by atoms with Gasteiger partial charge in [0.1, 0.15) is 17.8 Å². The summed E-state index contributed by atoms with van der Waals surface area (Å²) in [6.07, 6.45) is 18.1. The number of aliphatic carboxylic acids is 1. The minimum atomic E-state index is -0.583. The number of nitrogens with zero attached hydrogens (tertiary/aromatic N) is 1. The van der Waals surface area contributed by atoms with Gasteiger partial charge in [-0.25, -0.2) is 0 Å². The molecule has 6 aliphatic rings. The monoisotopic (exact) mass is 957 g/mol. The third-order valence-corrected chi connectivity index (χ3v) is 17.5. The molecule has 4 aliphatic carbocycles. The van der Waals surface area contributed by atoms with Crippen molar-refractivity contribution >= 4 is 39.8 Å². The smallest absolute Gasteiger partial charge is 0.309 e. The molecule has 9 heteroatoms. The van der Waals surface area contributed by atoms with Crippen molar-refractivity contribution in [1.29, 1.82) is 0 Å². The van der Waals surface area contributed by atoms with Crippen LogP contribution in [0.1, 0.15) is 147 Å². The van der Waals surface area contributed by atoms with Gasteiger partial charge in [0.05, 0.1) is 31.2 Å². The Bertz CT molecular complexity index is 2350. The Labute approximate surface area is 419 Å². The summed E-state index contributed by atoms with van der Waals surface area (Å²) in [6.45, 7) is 18.8. The van der Waals surface area contributed by atoms with Crippen LogP contribution in [-0.2, 0) is 20.9 Å². The fourth-order valence-corrected chi connectivity index (χ4v) is 13.5. The molecule has 10 rings (SSSR count). The van der Waals surface area contributed by atoms with E-state index < -0.39 is 5.97 Å². The lowest BCUT2D eigenvalue weighted by molar-refractivity contribution is -0.153. The summed E-state index contributed by atoms with van der Waals surface area (Å²) in [5.41, 5.74) is 2.83. The van der Waals surface area contributed by atoms with E-state index in [9.17, 15) is 19.5 Å². The van der Waals surface area contributed by atoms with Gasteiger partial charge in [-0.15, -0.1) is 0 Å². The quantitative estimate of drug-likeness (QED) is 0.125. The number of carboxylic acid groups (broad SMARTS) is 1. The van der Waals surface area contributed by atoms with Gasteiger partial charge < -0.3 is 24.6 Å². The predicted molar refractivity (Wildman–Crippen MR) is 281 cm³/mol. The number of fused-ring (bicyclic) bond motifs is 6. The first kappa shape index (κ1) is 51.9. The normalized spacial score (nSPS) is 29.1. The van der Waals surface area contributed by atoms with Crippen molar-refractivity contribution in [3.8, 4) is 11.5 Å². The van der Waals surface area contributed by atoms with Crippen LogP contribution < -0.4 is 14.8 Å². The number of carbonyl (C=O) groups excluding carboxylic acids is 2. The van der Waals surface area contributed by atoms with Gasteiger partial charge in [0, 0.05) is 25.2 Å². The average molecular weight is 957 g/mol. The van der Waals surface area contributed by atoms with E-state index in [1.54, 1.807) is 0 Å². The van der Waals surface area contributed by atoms with E-state index in [0.29, 0.717) is 52.3 Å². The van der Waals surface area contributed by atoms with Crippen LogP contribution in [0.4, 0.5) is 0 Å². The molecule has 2 saturated heterocycles. The third kappa shape index (κ3) is 13.1. The number of likely N-dealkylation sites (tertiary alicyclic amines) is 1. The molecule has 4 aromatic rings. The molecule has 0 aromatic heterocycles. The minimum Gasteiger partial charge on any atom is -0.490 e. The molecular formula is C61H84N2O7. The molecule has 6 fully saturated rings. The molecule has 4 atom stereocenters. The van der Waals surface area contributed by atoms with Crippen LogP contribution in [0.25, 0.3) is 21.5 Å². The summed E-state index contributed by atoms with van der Waals surface area (Å²) >= 11 is 0. The maximum absolute atomic E-state index is 11.8. The Morgan fingerprint density at radius 1 is 0.600 bits per heavy atom. The summed E-state index contributed by atoms with van der Waals surface area (Å²) in [5.74, 6) is 4.68. The van der Waals surface area contributed by atoms with E-state index >= 15 is 0 Å². The molecule has 0 radical (unpaired) electrons. The Hall–Kier alpha value is -4.47. The first-order chi connectivity index (χ1) is 33.5. The second kappa shape index (κ2) is 22.9. The Balaban J connectivity index is 0.000000157. The van der Waals surface area contributed by atoms with E-state index in [4.69, 9.17) is 14.2 Å². The van der Waals surface area contributed by atoms with Gasteiger partial charge in [0.25, 0.3) is 0 Å². The standard InChI is InChI=1S/C30H41NO3.C21H26O2.C10H17NO2/c1-30(2,3)25-10-13-26(14-11-25)34-27-12-9-21-15-20(7-8-22(21)16-27)17-31-18-23-5-4-6-24(19-31)28(23)29(32)33;1-21(2,3)18-7-10-19(11-8-18)23-20-9-6-16-12-15(14-22)4-5-17(16)13-20;1-13-10(12)9-7-3-2-4-8(9)6-11-5-7/h7-9,12,15-16,23-26,28H,4-6,10-11,13-14,17-19H2,1-3H3,(H,32,33);4-6,9,12-14,18-19H,7-8,10-11H2,1-3H3;7-9,11H,2-6H2,1H3. The van der Waals surface area contributed by atoms with Gasteiger partial charge in [-0.2, -0.15) is 0 Å². The fourth-order valence-electron chi connectivity index (χ4n) is 13.5. The highest BCUT2D eigenvalue weighted by Crippen LogP contribution is 2.43. The summed E-state index contributed by atoms with van der Waals surface area (Å²) < 4.78 is 17.5. The SMILES string of the molecule is CC(C)(C)C1CCC(Oc2ccc3cc(C=O)ccc3c2)CC1.CC(C)(C)C1CCC(Oc2ccc3cc(CN4CC5CCCC(C4)C5C(=O)O)ccc3c2)CC1.COC(=O)C1C2CCCC1CNC2. The van der Waals surface area contributed by atoms with Crippen LogP contribution in [0, 0.1) is 58.2 Å². The van der Waals surface area contributed by atoms with Crippen molar-refractivity contribution in [3.05, 3.63) is 83.9 Å². The van der Waals surface area contributed by atoms with Crippen LogP contribution >= 0.6 is 0 Å². The second-order valence-corrected chi connectivity index (χ2v) is 24.3. The number of esters is 1. The highest BCUT2D eigenvalue weighted by Gasteiger charge is 2.44. The van der Waals surface area contributed by atoms with Crippen LogP contribution in [0.15, 0.2) is 72.8 Å². The number of carbonyl (C=O) groups is 3. The van der Waals surface area contributed by atoms with Gasteiger partial charge in [-0.3, -0.25) is 19.3 Å². The lowest BCUT2D eigenvalue weighted by Crippen LogP contribution is -2.50. The lowest BCUT2D eigenvalue weighted by atomic mass is 9.69. The maximum atomic E-state index is 11.8. The third-order valence-electron chi connectivity index (χ3n) is 17.5. The Morgan fingerprint density at radius 3 is 1.53 bits per heavy atom. The minimum absolute atomic E-state index is 0.0104. The zero-order chi connectivity index (χ0) is 49.6. The molecule has 4 bridgehead atoms. The van der Waals surface area contributed by atoms with E-state index in [-0.39, 0.29) is 17.8 Å². The number of aldehydes is 1. The number of hydrogen-bond donors (Lipinski definition) is 2. The summed E-state index contributed by atoms with van der Waals surface area (Å²) in [5, 5.41) is 17.8. The molecule has 4 unspecified atom stereocenters. The van der Waals surface area contributed by atoms with Gasteiger partial charge in [-0.05, 0) is 200 Å². The van der Waals surface area contributed by atoms with Crippen molar-refractivity contribution in [2.75, 3.05) is 33.3 Å². The van der Waals surface area contributed by atoms with Crippen molar-refractivity contribution in [2.24, 2.45) is 58.2 Å². The van der Waals surface area contributed by atoms with Gasteiger partial charge in [0.15, 0.2) is 0 Å². The number of methoxy groups -OCH3 is 1. The summed E-state index contributed by atoms with van der Waals surface area (Å²) in [6, 6.07) is 25.2. The number of ether oxygens (including phenoxy) is 3. The molecule has 0 amide bonds. The van der Waals surface area contributed by atoms with Crippen molar-refractivity contribution in [1.82, 2.24) is 10.2 Å². The largest absolute Gasteiger partial charge is 0.490 e. The fraction of sp³-hybridized carbons (Fsp3) is 0.623. The number of rotatable bonds is 9. The highest BCUT2D eigenvalue weighted by molar-refractivity contribution is 5.89. The zero-order valence-electron chi connectivity index (χ0n) is 43.6. The van der Waals surface area contributed by atoms with E-state index in [1.807, 2.05) is 30.3 Å². The summed E-state index contributed by atoms with van der Waals surface area (Å²) in [7, 11) is 1.50. The Kier molecular flexibility index (Phi) is 17.0. The van der Waals surface area contributed by atoms with Gasteiger partial charge in [0.2, 0.25) is 0 Å². The highest BCUT2D eigenvalue weighted by atomic mass is 16.5. The second-order valence-electron chi connectivity index (χ2n) is 24.3. The topological polar surface area (TPSA) is 114 Å². The van der Waals surface area contributed by atoms with Crippen molar-refractivity contribution in [3.63, 3.8) is 0 Å².